The molecule has 1 atom stereocenters. The second kappa shape index (κ2) is 6.39. The van der Waals surface area contributed by atoms with Crippen LogP contribution in [0.5, 0.6) is 11.5 Å². The minimum Gasteiger partial charge on any atom is -0.493 e. The van der Waals surface area contributed by atoms with E-state index in [4.69, 9.17) is 9.47 Å². The Balaban J connectivity index is 2.31. The van der Waals surface area contributed by atoms with Gasteiger partial charge in [0.1, 0.15) is 5.78 Å². The molecule has 1 aliphatic carbocycles. The minimum absolute atomic E-state index is 0.00845. The van der Waals surface area contributed by atoms with Crippen LogP contribution in [0.15, 0.2) is 16.6 Å². The molecule has 0 aromatic heterocycles. The monoisotopic (exact) mass is 340 g/mol. The standard InChI is InChI=1S/C15H17BrO4/c1-19-13-7-11(12(16)8-14(13)20-2)15(18)9-4-3-5-10(17)6-9/h7-9H,3-6H2,1-2H3. The number of carbonyl (C=O) groups excluding carboxylic acids is 2. The third-order valence-corrected chi connectivity index (χ3v) is 4.25. The molecule has 0 saturated heterocycles. The highest BCUT2D eigenvalue weighted by atomic mass is 79.9. The van der Waals surface area contributed by atoms with Crippen LogP contribution in [-0.4, -0.2) is 25.8 Å². The van der Waals surface area contributed by atoms with Gasteiger partial charge in [-0.1, -0.05) is 0 Å². The van der Waals surface area contributed by atoms with E-state index in [1.807, 2.05) is 0 Å². The van der Waals surface area contributed by atoms with Crippen molar-refractivity contribution in [1.29, 1.82) is 0 Å². The molecule has 2 rings (SSSR count). The second-order valence-corrected chi connectivity index (χ2v) is 5.74. The van der Waals surface area contributed by atoms with Gasteiger partial charge < -0.3 is 9.47 Å². The molecule has 5 heteroatoms. The number of halogens is 1. The quantitative estimate of drug-likeness (QED) is 0.788. The summed E-state index contributed by atoms with van der Waals surface area (Å²) in [5.74, 6) is 1.03. The van der Waals surface area contributed by atoms with Crippen molar-refractivity contribution in [3.63, 3.8) is 0 Å². The van der Waals surface area contributed by atoms with Gasteiger partial charge in [0.15, 0.2) is 17.3 Å². The van der Waals surface area contributed by atoms with E-state index in [1.165, 1.54) is 7.11 Å². The zero-order valence-electron chi connectivity index (χ0n) is 11.6. The van der Waals surface area contributed by atoms with Crippen molar-refractivity contribution in [1.82, 2.24) is 0 Å². The zero-order chi connectivity index (χ0) is 14.7. The van der Waals surface area contributed by atoms with Crippen LogP contribution in [0.25, 0.3) is 0 Å². The summed E-state index contributed by atoms with van der Waals surface area (Å²) in [6.07, 6.45) is 2.50. The van der Waals surface area contributed by atoms with Crippen LogP contribution in [-0.2, 0) is 4.79 Å². The summed E-state index contributed by atoms with van der Waals surface area (Å²) in [7, 11) is 3.08. The van der Waals surface area contributed by atoms with Gasteiger partial charge in [0, 0.05) is 28.8 Å². The zero-order valence-corrected chi connectivity index (χ0v) is 13.2. The van der Waals surface area contributed by atoms with E-state index in [0.29, 0.717) is 34.4 Å². The van der Waals surface area contributed by atoms with E-state index < -0.39 is 0 Å². The largest absolute Gasteiger partial charge is 0.493 e. The van der Waals surface area contributed by atoms with Gasteiger partial charge in [-0.05, 0) is 40.9 Å². The van der Waals surface area contributed by atoms with E-state index in [1.54, 1.807) is 19.2 Å². The first-order chi connectivity index (χ1) is 9.56. The molecule has 0 amide bonds. The summed E-state index contributed by atoms with van der Waals surface area (Å²) in [5, 5.41) is 0. The molecule has 1 aliphatic rings. The van der Waals surface area contributed by atoms with Crippen molar-refractivity contribution in [2.24, 2.45) is 5.92 Å². The van der Waals surface area contributed by atoms with E-state index in [9.17, 15) is 9.59 Å². The molecular weight excluding hydrogens is 324 g/mol. The lowest BCUT2D eigenvalue weighted by molar-refractivity contribution is -0.121. The summed E-state index contributed by atoms with van der Waals surface area (Å²) < 4.78 is 11.1. The van der Waals surface area contributed by atoms with Gasteiger partial charge in [0.25, 0.3) is 0 Å². The van der Waals surface area contributed by atoms with E-state index in [2.05, 4.69) is 15.9 Å². The number of rotatable bonds is 4. The van der Waals surface area contributed by atoms with Crippen molar-refractivity contribution < 1.29 is 19.1 Å². The highest BCUT2D eigenvalue weighted by molar-refractivity contribution is 9.10. The summed E-state index contributed by atoms with van der Waals surface area (Å²) in [4.78, 5) is 24.1. The molecule has 108 valence electrons. The second-order valence-electron chi connectivity index (χ2n) is 4.88. The molecule has 0 bridgehead atoms. The molecule has 1 unspecified atom stereocenters. The Labute approximate surface area is 126 Å². The summed E-state index contributed by atoms with van der Waals surface area (Å²) >= 11 is 3.39. The van der Waals surface area contributed by atoms with Gasteiger partial charge in [-0.3, -0.25) is 9.59 Å². The molecule has 1 fully saturated rings. The topological polar surface area (TPSA) is 52.6 Å². The average Bonchev–Trinajstić information content (AvgIpc) is 2.46. The predicted molar refractivity (Wildman–Crippen MR) is 78.5 cm³/mol. The molecule has 0 radical (unpaired) electrons. The van der Waals surface area contributed by atoms with Crippen LogP contribution in [0.3, 0.4) is 0 Å². The lowest BCUT2D eigenvalue weighted by atomic mass is 9.83. The number of hydrogen-bond acceptors (Lipinski definition) is 4. The molecule has 0 aliphatic heterocycles. The first-order valence-electron chi connectivity index (χ1n) is 6.54. The highest BCUT2D eigenvalue weighted by Crippen LogP contribution is 2.36. The Morgan fingerprint density at radius 1 is 1.25 bits per heavy atom. The minimum atomic E-state index is -0.217. The summed E-state index contributed by atoms with van der Waals surface area (Å²) in [5.41, 5.74) is 0.544. The van der Waals surface area contributed by atoms with Crippen LogP contribution in [0, 0.1) is 5.92 Å². The number of ketones is 2. The van der Waals surface area contributed by atoms with Crippen molar-refractivity contribution >= 4 is 27.5 Å². The van der Waals surface area contributed by atoms with E-state index in [0.717, 1.165) is 12.8 Å². The lowest BCUT2D eigenvalue weighted by Crippen LogP contribution is -2.23. The molecule has 1 saturated carbocycles. The van der Waals surface area contributed by atoms with Crippen LogP contribution in [0.2, 0.25) is 0 Å². The molecule has 0 heterocycles. The van der Waals surface area contributed by atoms with Crippen LogP contribution in [0.4, 0.5) is 0 Å². The highest BCUT2D eigenvalue weighted by Gasteiger charge is 2.28. The molecule has 1 aromatic carbocycles. The van der Waals surface area contributed by atoms with Crippen LogP contribution >= 0.6 is 15.9 Å². The molecule has 4 nitrogen and oxygen atoms in total. The third-order valence-electron chi connectivity index (χ3n) is 3.59. The molecule has 1 aromatic rings. The van der Waals surface area contributed by atoms with Gasteiger partial charge in [-0.15, -0.1) is 0 Å². The van der Waals surface area contributed by atoms with Gasteiger partial charge in [0.2, 0.25) is 0 Å². The number of benzene rings is 1. The first kappa shape index (κ1) is 15.0. The fourth-order valence-electron chi connectivity index (χ4n) is 2.51. The predicted octanol–water partition coefficient (Wildman–Crippen LogP) is 3.41. The third kappa shape index (κ3) is 3.03. The van der Waals surface area contributed by atoms with E-state index in [-0.39, 0.29) is 17.5 Å². The van der Waals surface area contributed by atoms with Crippen molar-refractivity contribution in [3.8, 4) is 11.5 Å². The van der Waals surface area contributed by atoms with Crippen LogP contribution < -0.4 is 9.47 Å². The SMILES string of the molecule is COc1cc(Br)c(C(=O)C2CCCC(=O)C2)cc1OC. The Hall–Kier alpha value is -1.36. The Morgan fingerprint density at radius 2 is 1.90 bits per heavy atom. The van der Waals surface area contributed by atoms with Gasteiger partial charge in [0.05, 0.1) is 14.2 Å². The van der Waals surface area contributed by atoms with Crippen molar-refractivity contribution in [2.45, 2.75) is 25.7 Å². The number of Topliss-reactive ketones (excluding diaryl/α,β-unsaturated/α-hetero) is 2. The molecule has 20 heavy (non-hydrogen) atoms. The fraction of sp³-hybridized carbons (Fsp3) is 0.467. The maximum absolute atomic E-state index is 12.6. The average molecular weight is 341 g/mol. The van der Waals surface area contributed by atoms with Gasteiger partial charge >= 0.3 is 0 Å². The maximum Gasteiger partial charge on any atom is 0.167 e. The van der Waals surface area contributed by atoms with Gasteiger partial charge in [-0.25, -0.2) is 0 Å². The number of carbonyl (C=O) groups is 2. The molecule has 0 spiro atoms. The van der Waals surface area contributed by atoms with Gasteiger partial charge in [-0.2, -0.15) is 0 Å². The van der Waals surface area contributed by atoms with Crippen LogP contribution in [0.1, 0.15) is 36.0 Å². The van der Waals surface area contributed by atoms with Crippen molar-refractivity contribution in [3.05, 3.63) is 22.2 Å². The van der Waals surface area contributed by atoms with E-state index >= 15 is 0 Å². The summed E-state index contributed by atoms with van der Waals surface area (Å²) in [6, 6.07) is 3.39. The molecular formula is C15H17BrO4. The smallest absolute Gasteiger partial charge is 0.167 e. The molecule has 0 N–H and O–H groups in total. The number of methoxy groups -OCH3 is 2. The Kier molecular flexibility index (Phi) is 4.81. The summed E-state index contributed by atoms with van der Waals surface area (Å²) in [6.45, 7) is 0. The lowest BCUT2D eigenvalue weighted by Gasteiger charge is -2.20. The maximum atomic E-state index is 12.6. The Bertz CT molecular complexity index is 539. The number of ether oxygens (including phenoxy) is 2. The normalized spacial score (nSPS) is 18.8. The Morgan fingerprint density at radius 3 is 2.50 bits per heavy atom. The fourth-order valence-corrected chi connectivity index (χ4v) is 3.03. The first-order valence-corrected chi connectivity index (χ1v) is 7.33. The number of hydrogen-bond donors (Lipinski definition) is 0. The van der Waals surface area contributed by atoms with Crippen molar-refractivity contribution in [2.75, 3.05) is 14.2 Å².